The summed E-state index contributed by atoms with van der Waals surface area (Å²) in [7, 11) is 1.63. The van der Waals surface area contributed by atoms with E-state index in [0.717, 1.165) is 16.9 Å². The molecule has 0 unspecified atom stereocenters. The Morgan fingerprint density at radius 2 is 1.52 bits per heavy atom. The zero-order valence-electron chi connectivity index (χ0n) is 14.3. The average molecular weight is 311 g/mol. The summed E-state index contributed by atoms with van der Waals surface area (Å²) >= 11 is 0. The summed E-state index contributed by atoms with van der Waals surface area (Å²) in [5, 5.41) is 2.96. The van der Waals surface area contributed by atoms with Gasteiger partial charge in [0, 0.05) is 6.54 Å². The predicted octanol–water partition coefficient (Wildman–Crippen LogP) is 3.85. The fourth-order valence-electron chi connectivity index (χ4n) is 2.31. The SMILES string of the molecule is COc1ccc(CC(=O)NCc2ccc(C(C)(C)C)cc2)cc1. The first-order valence-electron chi connectivity index (χ1n) is 7.87. The first-order chi connectivity index (χ1) is 10.9. The van der Waals surface area contributed by atoms with E-state index in [2.05, 4.69) is 50.4 Å². The van der Waals surface area contributed by atoms with Gasteiger partial charge >= 0.3 is 0 Å². The minimum atomic E-state index is 0.0232. The summed E-state index contributed by atoms with van der Waals surface area (Å²) in [6.45, 7) is 7.13. The molecule has 2 aromatic rings. The minimum absolute atomic E-state index is 0.0232. The molecule has 0 aliphatic rings. The second-order valence-corrected chi connectivity index (χ2v) is 6.75. The maximum atomic E-state index is 12.0. The van der Waals surface area contributed by atoms with Crippen LogP contribution in [0.1, 0.15) is 37.5 Å². The molecule has 0 aromatic heterocycles. The molecule has 3 heteroatoms. The molecule has 0 saturated heterocycles. The van der Waals surface area contributed by atoms with Crippen LogP contribution in [-0.4, -0.2) is 13.0 Å². The summed E-state index contributed by atoms with van der Waals surface area (Å²) < 4.78 is 5.11. The second-order valence-electron chi connectivity index (χ2n) is 6.75. The van der Waals surface area contributed by atoms with Crippen LogP contribution in [0.4, 0.5) is 0 Å². The standard InChI is InChI=1S/C20H25NO2/c1-20(2,3)17-9-5-16(6-10-17)14-21-19(22)13-15-7-11-18(23-4)12-8-15/h5-12H,13-14H2,1-4H3,(H,21,22). The molecule has 23 heavy (non-hydrogen) atoms. The van der Waals surface area contributed by atoms with Crippen molar-refractivity contribution in [3.05, 3.63) is 65.2 Å². The Balaban J connectivity index is 1.86. The molecule has 3 nitrogen and oxygen atoms in total. The van der Waals surface area contributed by atoms with E-state index in [1.54, 1.807) is 7.11 Å². The highest BCUT2D eigenvalue weighted by Gasteiger charge is 2.12. The van der Waals surface area contributed by atoms with Gasteiger partial charge in [-0.2, -0.15) is 0 Å². The largest absolute Gasteiger partial charge is 0.497 e. The Hall–Kier alpha value is -2.29. The van der Waals surface area contributed by atoms with E-state index in [1.807, 2.05) is 24.3 Å². The lowest BCUT2D eigenvalue weighted by molar-refractivity contribution is -0.120. The van der Waals surface area contributed by atoms with Crippen molar-refractivity contribution in [1.82, 2.24) is 5.32 Å². The number of amides is 1. The molecule has 0 aliphatic carbocycles. The fraction of sp³-hybridized carbons (Fsp3) is 0.350. The van der Waals surface area contributed by atoms with E-state index in [1.165, 1.54) is 5.56 Å². The Labute approximate surface area is 138 Å². The Bertz CT molecular complexity index is 637. The predicted molar refractivity (Wildman–Crippen MR) is 93.7 cm³/mol. The summed E-state index contributed by atoms with van der Waals surface area (Å²) in [5.41, 5.74) is 3.54. The molecule has 0 aliphatic heterocycles. The summed E-state index contributed by atoms with van der Waals surface area (Å²) in [5.74, 6) is 0.822. The van der Waals surface area contributed by atoms with Crippen molar-refractivity contribution in [3.63, 3.8) is 0 Å². The first-order valence-corrected chi connectivity index (χ1v) is 7.87. The van der Waals surface area contributed by atoms with Crippen molar-refractivity contribution >= 4 is 5.91 Å². The molecule has 122 valence electrons. The number of carbonyl (C=O) groups is 1. The van der Waals surface area contributed by atoms with Gasteiger partial charge in [-0.05, 0) is 34.2 Å². The molecule has 0 bridgehead atoms. The van der Waals surface area contributed by atoms with E-state index < -0.39 is 0 Å². The highest BCUT2D eigenvalue weighted by molar-refractivity contribution is 5.78. The maximum absolute atomic E-state index is 12.0. The van der Waals surface area contributed by atoms with E-state index in [4.69, 9.17) is 4.74 Å². The number of carbonyl (C=O) groups excluding carboxylic acids is 1. The summed E-state index contributed by atoms with van der Waals surface area (Å²) in [4.78, 5) is 12.0. The van der Waals surface area contributed by atoms with Crippen molar-refractivity contribution in [1.29, 1.82) is 0 Å². The first kappa shape index (κ1) is 17.1. The number of benzene rings is 2. The van der Waals surface area contributed by atoms with Gasteiger partial charge in [-0.25, -0.2) is 0 Å². The highest BCUT2D eigenvalue weighted by Crippen LogP contribution is 2.22. The zero-order chi connectivity index (χ0) is 16.9. The maximum Gasteiger partial charge on any atom is 0.224 e. The lowest BCUT2D eigenvalue weighted by atomic mass is 9.87. The third-order valence-electron chi connectivity index (χ3n) is 3.83. The molecular weight excluding hydrogens is 286 g/mol. The van der Waals surface area contributed by atoms with Gasteiger partial charge in [0.05, 0.1) is 13.5 Å². The Morgan fingerprint density at radius 1 is 0.957 bits per heavy atom. The monoisotopic (exact) mass is 311 g/mol. The molecule has 0 spiro atoms. The second kappa shape index (κ2) is 7.32. The fourth-order valence-corrected chi connectivity index (χ4v) is 2.31. The molecule has 0 saturated carbocycles. The number of rotatable bonds is 5. The van der Waals surface area contributed by atoms with Crippen LogP contribution in [-0.2, 0) is 23.2 Å². The van der Waals surface area contributed by atoms with Gasteiger partial charge in [-0.1, -0.05) is 57.2 Å². The Morgan fingerprint density at radius 3 is 2.04 bits per heavy atom. The smallest absolute Gasteiger partial charge is 0.224 e. The van der Waals surface area contributed by atoms with Gasteiger partial charge in [0.15, 0.2) is 0 Å². The summed E-state index contributed by atoms with van der Waals surface area (Å²) in [6.07, 6.45) is 0.379. The van der Waals surface area contributed by atoms with Crippen molar-refractivity contribution in [3.8, 4) is 5.75 Å². The van der Waals surface area contributed by atoms with Gasteiger partial charge in [0.1, 0.15) is 5.75 Å². The average Bonchev–Trinajstić information content (AvgIpc) is 2.53. The van der Waals surface area contributed by atoms with Crippen LogP contribution in [0.25, 0.3) is 0 Å². The van der Waals surface area contributed by atoms with Crippen LogP contribution in [0.15, 0.2) is 48.5 Å². The molecule has 0 fully saturated rings. The van der Waals surface area contributed by atoms with Crippen molar-refractivity contribution in [2.24, 2.45) is 0 Å². The third kappa shape index (κ3) is 5.13. The van der Waals surface area contributed by atoms with Gasteiger partial charge in [0.2, 0.25) is 5.91 Å². The van der Waals surface area contributed by atoms with Crippen LogP contribution in [0.5, 0.6) is 5.75 Å². The zero-order valence-corrected chi connectivity index (χ0v) is 14.3. The van der Waals surface area contributed by atoms with E-state index in [9.17, 15) is 4.79 Å². The molecule has 2 aromatic carbocycles. The lowest BCUT2D eigenvalue weighted by Gasteiger charge is -2.19. The van der Waals surface area contributed by atoms with Crippen LogP contribution in [0.2, 0.25) is 0 Å². The van der Waals surface area contributed by atoms with Crippen molar-refractivity contribution in [2.45, 2.75) is 39.2 Å². The van der Waals surface area contributed by atoms with Crippen LogP contribution < -0.4 is 10.1 Å². The molecule has 1 amide bonds. The van der Waals surface area contributed by atoms with E-state index in [-0.39, 0.29) is 11.3 Å². The lowest BCUT2D eigenvalue weighted by Crippen LogP contribution is -2.24. The van der Waals surface area contributed by atoms with Gasteiger partial charge in [-0.15, -0.1) is 0 Å². The van der Waals surface area contributed by atoms with Crippen molar-refractivity contribution < 1.29 is 9.53 Å². The summed E-state index contributed by atoms with van der Waals surface area (Å²) in [6, 6.07) is 16.0. The highest BCUT2D eigenvalue weighted by atomic mass is 16.5. The quantitative estimate of drug-likeness (QED) is 0.911. The molecule has 0 heterocycles. The van der Waals surface area contributed by atoms with Crippen LogP contribution >= 0.6 is 0 Å². The van der Waals surface area contributed by atoms with Gasteiger partial charge in [-0.3, -0.25) is 4.79 Å². The molecular formula is C20H25NO2. The van der Waals surface area contributed by atoms with Crippen molar-refractivity contribution in [2.75, 3.05) is 7.11 Å². The number of hydrogen-bond donors (Lipinski definition) is 1. The molecule has 1 N–H and O–H groups in total. The number of hydrogen-bond acceptors (Lipinski definition) is 2. The molecule has 0 radical (unpaired) electrons. The number of nitrogens with one attached hydrogen (secondary N) is 1. The van der Waals surface area contributed by atoms with Gasteiger partial charge < -0.3 is 10.1 Å². The van der Waals surface area contributed by atoms with Gasteiger partial charge in [0.25, 0.3) is 0 Å². The van der Waals surface area contributed by atoms with Crippen LogP contribution in [0.3, 0.4) is 0 Å². The van der Waals surface area contributed by atoms with Crippen LogP contribution in [0, 0.1) is 0 Å². The number of methoxy groups -OCH3 is 1. The van der Waals surface area contributed by atoms with E-state index >= 15 is 0 Å². The molecule has 0 atom stereocenters. The minimum Gasteiger partial charge on any atom is -0.497 e. The normalized spacial score (nSPS) is 11.1. The van der Waals surface area contributed by atoms with E-state index in [0.29, 0.717) is 13.0 Å². The molecule has 2 rings (SSSR count). The third-order valence-corrected chi connectivity index (χ3v) is 3.83. The number of ether oxygens (including phenoxy) is 1. The Kier molecular flexibility index (Phi) is 5.43. The topological polar surface area (TPSA) is 38.3 Å².